The minimum Gasteiger partial charge on any atom is -0.0945 e. The zero-order chi connectivity index (χ0) is 12.8. The van der Waals surface area contributed by atoms with Crippen molar-refractivity contribution in [2.24, 2.45) is 5.92 Å². The van der Waals surface area contributed by atoms with Crippen LogP contribution in [0.1, 0.15) is 62.1 Å². The van der Waals surface area contributed by atoms with E-state index in [9.17, 15) is 0 Å². The molecule has 0 N–H and O–H groups in total. The van der Waals surface area contributed by atoms with Crippen LogP contribution in [0, 0.1) is 24.7 Å². The average molecular weight is 240 g/mol. The lowest BCUT2D eigenvalue weighted by atomic mass is 9.89. The summed E-state index contributed by atoms with van der Waals surface area (Å²) in [5.74, 6) is 7.53. The molecular formula is C18H24. The molecule has 1 aliphatic rings. The molecule has 0 bridgehead atoms. The van der Waals surface area contributed by atoms with Gasteiger partial charge in [-0.25, -0.2) is 0 Å². The van der Waals surface area contributed by atoms with Gasteiger partial charge in [-0.15, -0.1) is 0 Å². The van der Waals surface area contributed by atoms with E-state index in [1.807, 2.05) is 0 Å². The van der Waals surface area contributed by atoms with Crippen molar-refractivity contribution in [2.75, 3.05) is 0 Å². The quantitative estimate of drug-likeness (QED) is 0.646. The lowest BCUT2D eigenvalue weighted by Gasteiger charge is -2.15. The molecule has 0 unspecified atom stereocenters. The monoisotopic (exact) mass is 240 g/mol. The third-order valence-corrected chi connectivity index (χ3v) is 3.85. The molecule has 96 valence electrons. The first kappa shape index (κ1) is 13.2. The van der Waals surface area contributed by atoms with Gasteiger partial charge in [0.2, 0.25) is 0 Å². The van der Waals surface area contributed by atoms with E-state index in [1.54, 1.807) is 0 Å². The Balaban J connectivity index is 2.06. The largest absolute Gasteiger partial charge is 0.0945 e. The van der Waals surface area contributed by atoms with E-state index in [-0.39, 0.29) is 0 Å². The Morgan fingerprint density at radius 3 is 2.61 bits per heavy atom. The molecule has 0 atom stereocenters. The molecule has 0 heterocycles. The summed E-state index contributed by atoms with van der Waals surface area (Å²) in [7, 11) is 0. The summed E-state index contributed by atoms with van der Waals surface area (Å²) < 4.78 is 0. The molecule has 2 rings (SSSR count). The average Bonchev–Trinajstić information content (AvgIpc) is 2.39. The van der Waals surface area contributed by atoms with E-state index in [0.29, 0.717) is 5.92 Å². The Hall–Kier alpha value is -1.22. The number of rotatable bonds is 2. The van der Waals surface area contributed by atoms with Crippen LogP contribution < -0.4 is 0 Å². The second kappa shape index (κ2) is 6.64. The van der Waals surface area contributed by atoms with Gasteiger partial charge in [0, 0.05) is 11.5 Å². The summed E-state index contributed by atoms with van der Waals surface area (Å²) in [6, 6.07) is 6.74. The fraction of sp³-hybridized carbons (Fsp3) is 0.556. The van der Waals surface area contributed by atoms with Crippen LogP contribution in [-0.4, -0.2) is 0 Å². The molecule has 0 aromatic heterocycles. The topological polar surface area (TPSA) is 0 Å². The second-order valence-electron chi connectivity index (χ2n) is 5.50. The van der Waals surface area contributed by atoms with Crippen molar-refractivity contribution >= 4 is 0 Å². The lowest BCUT2D eigenvalue weighted by Crippen LogP contribution is -2.03. The van der Waals surface area contributed by atoms with Gasteiger partial charge in [-0.3, -0.25) is 0 Å². The second-order valence-corrected chi connectivity index (χ2v) is 5.50. The van der Waals surface area contributed by atoms with Gasteiger partial charge in [0.15, 0.2) is 0 Å². The summed E-state index contributed by atoms with van der Waals surface area (Å²) >= 11 is 0. The van der Waals surface area contributed by atoms with Crippen molar-refractivity contribution in [1.82, 2.24) is 0 Å². The first-order chi connectivity index (χ1) is 8.79. The number of hydrogen-bond donors (Lipinski definition) is 0. The van der Waals surface area contributed by atoms with Gasteiger partial charge in [0.05, 0.1) is 0 Å². The van der Waals surface area contributed by atoms with Crippen molar-refractivity contribution in [3.8, 4) is 11.8 Å². The van der Waals surface area contributed by atoms with E-state index in [2.05, 4.69) is 43.9 Å². The van der Waals surface area contributed by atoms with Crippen LogP contribution in [0.5, 0.6) is 0 Å². The van der Waals surface area contributed by atoms with Crippen molar-refractivity contribution in [1.29, 1.82) is 0 Å². The summed E-state index contributed by atoms with van der Waals surface area (Å²) in [5.41, 5.74) is 4.00. The Kier molecular flexibility index (Phi) is 4.88. The van der Waals surface area contributed by atoms with Gasteiger partial charge in [0.25, 0.3) is 0 Å². The SMILES string of the molecule is CCCc1ccc(C#CC2CCCCC2)c(C)c1. The molecular weight excluding hydrogens is 216 g/mol. The van der Waals surface area contributed by atoms with Gasteiger partial charge >= 0.3 is 0 Å². The Labute approximate surface area is 112 Å². The highest BCUT2D eigenvalue weighted by Crippen LogP contribution is 2.23. The molecule has 0 heteroatoms. The van der Waals surface area contributed by atoms with E-state index >= 15 is 0 Å². The van der Waals surface area contributed by atoms with Crippen LogP contribution >= 0.6 is 0 Å². The zero-order valence-corrected chi connectivity index (χ0v) is 11.8. The molecule has 1 fully saturated rings. The van der Waals surface area contributed by atoms with Crippen molar-refractivity contribution < 1.29 is 0 Å². The maximum atomic E-state index is 3.48. The highest BCUT2D eigenvalue weighted by atomic mass is 14.1. The summed E-state index contributed by atoms with van der Waals surface area (Å²) in [6.07, 6.45) is 9.15. The van der Waals surface area contributed by atoms with Gasteiger partial charge in [0.1, 0.15) is 0 Å². The molecule has 1 saturated carbocycles. The maximum Gasteiger partial charge on any atom is 0.0274 e. The Bertz CT molecular complexity index is 439. The summed E-state index contributed by atoms with van der Waals surface area (Å²) in [6.45, 7) is 4.41. The van der Waals surface area contributed by atoms with Crippen LogP contribution in [0.15, 0.2) is 18.2 Å². The molecule has 1 aromatic carbocycles. The van der Waals surface area contributed by atoms with Crippen LogP contribution in [0.2, 0.25) is 0 Å². The van der Waals surface area contributed by atoms with Gasteiger partial charge < -0.3 is 0 Å². The number of hydrogen-bond acceptors (Lipinski definition) is 0. The highest BCUT2D eigenvalue weighted by molar-refractivity contribution is 5.43. The summed E-state index contributed by atoms with van der Waals surface area (Å²) in [5, 5.41) is 0. The number of aryl methyl sites for hydroxylation is 2. The molecule has 0 saturated heterocycles. The minimum absolute atomic E-state index is 0.647. The van der Waals surface area contributed by atoms with Crippen LogP contribution in [-0.2, 0) is 6.42 Å². The Morgan fingerprint density at radius 2 is 1.94 bits per heavy atom. The highest BCUT2D eigenvalue weighted by Gasteiger charge is 2.09. The zero-order valence-electron chi connectivity index (χ0n) is 11.8. The fourth-order valence-electron chi connectivity index (χ4n) is 2.74. The Morgan fingerprint density at radius 1 is 1.17 bits per heavy atom. The van der Waals surface area contributed by atoms with Crippen LogP contribution in [0.25, 0.3) is 0 Å². The van der Waals surface area contributed by atoms with Crippen LogP contribution in [0.3, 0.4) is 0 Å². The predicted molar refractivity (Wildman–Crippen MR) is 78.6 cm³/mol. The van der Waals surface area contributed by atoms with Crippen molar-refractivity contribution in [3.05, 3.63) is 34.9 Å². The molecule has 1 aliphatic carbocycles. The number of benzene rings is 1. The first-order valence-electron chi connectivity index (χ1n) is 7.40. The molecule has 0 amide bonds. The van der Waals surface area contributed by atoms with Crippen molar-refractivity contribution in [3.63, 3.8) is 0 Å². The fourth-order valence-corrected chi connectivity index (χ4v) is 2.74. The third-order valence-electron chi connectivity index (χ3n) is 3.85. The van der Waals surface area contributed by atoms with Crippen molar-refractivity contribution in [2.45, 2.75) is 58.8 Å². The minimum atomic E-state index is 0.647. The van der Waals surface area contributed by atoms with E-state index in [1.165, 1.54) is 61.6 Å². The normalized spacial score (nSPS) is 16.1. The molecule has 0 nitrogen and oxygen atoms in total. The molecule has 18 heavy (non-hydrogen) atoms. The van der Waals surface area contributed by atoms with Gasteiger partial charge in [-0.05, 0) is 43.4 Å². The third kappa shape index (κ3) is 3.64. The molecule has 0 spiro atoms. The van der Waals surface area contributed by atoms with E-state index in [0.717, 1.165) is 0 Å². The molecule has 0 aliphatic heterocycles. The van der Waals surface area contributed by atoms with E-state index < -0.39 is 0 Å². The standard InChI is InChI=1S/C18H24/c1-3-7-17-11-13-18(15(2)14-17)12-10-16-8-5-4-6-9-16/h11,13-14,16H,3-9H2,1-2H3. The summed E-state index contributed by atoms with van der Waals surface area (Å²) in [4.78, 5) is 0. The molecule has 0 radical (unpaired) electrons. The maximum absolute atomic E-state index is 3.48. The predicted octanol–water partition coefficient (Wildman–Crippen LogP) is 4.88. The van der Waals surface area contributed by atoms with Gasteiger partial charge in [-0.1, -0.05) is 56.6 Å². The lowest BCUT2D eigenvalue weighted by molar-refractivity contribution is 0.430. The first-order valence-corrected chi connectivity index (χ1v) is 7.40. The van der Waals surface area contributed by atoms with E-state index in [4.69, 9.17) is 0 Å². The smallest absolute Gasteiger partial charge is 0.0274 e. The molecule has 1 aromatic rings. The van der Waals surface area contributed by atoms with Gasteiger partial charge in [-0.2, -0.15) is 0 Å². The van der Waals surface area contributed by atoms with Crippen LogP contribution in [0.4, 0.5) is 0 Å².